The molecule has 0 bridgehead atoms. The van der Waals surface area contributed by atoms with Gasteiger partial charge in [0.25, 0.3) is 0 Å². The minimum absolute atomic E-state index is 0.149. The van der Waals surface area contributed by atoms with Gasteiger partial charge in [-0.1, -0.05) is 31.5 Å². The first-order valence-corrected chi connectivity index (χ1v) is 8.44. The summed E-state index contributed by atoms with van der Waals surface area (Å²) >= 11 is 0. The van der Waals surface area contributed by atoms with E-state index >= 15 is 0 Å². The number of amides is 1. The van der Waals surface area contributed by atoms with Crippen LogP contribution in [0.4, 0.5) is 4.39 Å². The number of rotatable bonds is 5. The average Bonchev–Trinajstić information content (AvgIpc) is 3.38. The van der Waals surface area contributed by atoms with E-state index in [4.69, 9.17) is 0 Å². The van der Waals surface area contributed by atoms with Crippen LogP contribution in [0.1, 0.15) is 38.2 Å². The summed E-state index contributed by atoms with van der Waals surface area (Å²) in [5, 5.41) is 3.51. The topological polar surface area (TPSA) is 32.3 Å². The summed E-state index contributed by atoms with van der Waals surface area (Å²) in [5.41, 5.74) is 0.717. The maximum atomic E-state index is 13.7. The number of benzene rings is 1. The quantitative estimate of drug-likeness (QED) is 0.907. The zero-order valence-electron chi connectivity index (χ0n) is 13.2. The molecule has 1 aliphatic carbocycles. The smallest absolute Gasteiger partial charge is 0.225 e. The van der Waals surface area contributed by atoms with Crippen LogP contribution in [0, 0.1) is 17.7 Å². The van der Waals surface area contributed by atoms with Crippen LogP contribution in [0.5, 0.6) is 0 Å². The third-order valence-electron chi connectivity index (χ3n) is 5.01. The third-order valence-corrected chi connectivity index (χ3v) is 5.01. The number of piperidine rings is 1. The zero-order valence-corrected chi connectivity index (χ0v) is 13.2. The van der Waals surface area contributed by atoms with Crippen LogP contribution < -0.4 is 5.32 Å². The largest absolute Gasteiger partial charge is 0.342 e. The molecule has 0 aromatic heterocycles. The highest BCUT2D eigenvalue weighted by molar-refractivity contribution is 5.81. The normalized spacial score (nSPS) is 25.3. The van der Waals surface area contributed by atoms with Gasteiger partial charge in [-0.25, -0.2) is 4.39 Å². The molecule has 1 saturated carbocycles. The number of halogens is 1. The van der Waals surface area contributed by atoms with Gasteiger partial charge in [0.2, 0.25) is 5.91 Å². The molecule has 4 heteroatoms. The van der Waals surface area contributed by atoms with Crippen molar-refractivity contribution in [2.24, 2.45) is 11.8 Å². The Bertz CT molecular complexity index is 530. The minimum atomic E-state index is -0.149. The molecule has 1 saturated heterocycles. The van der Waals surface area contributed by atoms with Crippen LogP contribution in [-0.4, -0.2) is 29.9 Å². The fraction of sp³-hybridized carbons (Fsp3) is 0.611. The Kier molecular flexibility index (Phi) is 4.77. The molecule has 1 amide bonds. The Morgan fingerprint density at radius 2 is 2.09 bits per heavy atom. The van der Waals surface area contributed by atoms with Crippen LogP contribution >= 0.6 is 0 Å². The average molecular weight is 304 g/mol. The summed E-state index contributed by atoms with van der Waals surface area (Å²) in [6.45, 7) is 4.42. The van der Waals surface area contributed by atoms with Crippen molar-refractivity contribution in [2.45, 2.75) is 45.2 Å². The predicted molar refractivity (Wildman–Crippen MR) is 84.7 cm³/mol. The standard InChI is InChI=1S/C18H25FN2O/c1-2-13-12-21(18(22)14-7-8-14)10-9-17(13)20-11-15-5-3-4-6-16(15)19/h3-6,13-14,17,20H,2,7-12H2,1H3/t13-,17+/m1/s1. The number of carbonyl (C=O) groups is 1. The molecule has 0 unspecified atom stereocenters. The first-order chi connectivity index (χ1) is 10.7. The lowest BCUT2D eigenvalue weighted by molar-refractivity contribution is -0.134. The second-order valence-electron chi connectivity index (χ2n) is 6.59. The summed E-state index contributed by atoms with van der Waals surface area (Å²) in [4.78, 5) is 14.3. The summed E-state index contributed by atoms with van der Waals surface area (Å²) < 4.78 is 13.7. The van der Waals surface area contributed by atoms with Crippen LogP contribution in [0.25, 0.3) is 0 Å². The van der Waals surface area contributed by atoms with Crippen LogP contribution in [-0.2, 0) is 11.3 Å². The zero-order chi connectivity index (χ0) is 15.5. The van der Waals surface area contributed by atoms with Gasteiger partial charge in [-0.2, -0.15) is 0 Å². The Morgan fingerprint density at radius 1 is 1.32 bits per heavy atom. The van der Waals surface area contributed by atoms with Gasteiger partial charge in [-0.05, 0) is 31.2 Å². The first kappa shape index (κ1) is 15.5. The second kappa shape index (κ2) is 6.78. The molecule has 0 spiro atoms. The van der Waals surface area contributed by atoms with Crippen LogP contribution in [0.3, 0.4) is 0 Å². The fourth-order valence-corrected chi connectivity index (χ4v) is 3.39. The molecule has 1 aliphatic heterocycles. The number of likely N-dealkylation sites (tertiary alicyclic amines) is 1. The highest BCUT2D eigenvalue weighted by Crippen LogP contribution is 2.33. The monoisotopic (exact) mass is 304 g/mol. The molecule has 22 heavy (non-hydrogen) atoms. The van der Waals surface area contributed by atoms with E-state index in [-0.39, 0.29) is 5.82 Å². The van der Waals surface area contributed by atoms with Gasteiger partial charge in [0, 0.05) is 37.2 Å². The molecule has 3 nitrogen and oxygen atoms in total. The molecule has 120 valence electrons. The lowest BCUT2D eigenvalue weighted by Crippen LogP contribution is -2.51. The van der Waals surface area contributed by atoms with Crippen molar-refractivity contribution < 1.29 is 9.18 Å². The maximum Gasteiger partial charge on any atom is 0.225 e. The molecule has 2 atom stereocenters. The number of nitrogens with one attached hydrogen (secondary N) is 1. The molecule has 0 radical (unpaired) electrons. The summed E-state index contributed by atoms with van der Waals surface area (Å²) in [7, 11) is 0. The van der Waals surface area contributed by atoms with E-state index in [0.717, 1.165) is 38.8 Å². The summed E-state index contributed by atoms with van der Waals surface area (Å²) in [6.07, 6.45) is 4.15. The van der Waals surface area contributed by atoms with Crippen LogP contribution in [0.2, 0.25) is 0 Å². The Labute approximate surface area is 131 Å². The minimum Gasteiger partial charge on any atom is -0.342 e. The van der Waals surface area contributed by atoms with E-state index in [1.807, 2.05) is 17.0 Å². The van der Waals surface area contributed by atoms with Crippen molar-refractivity contribution in [2.75, 3.05) is 13.1 Å². The van der Waals surface area contributed by atoms with Gasteiger partial charge in [0.1, 0.15) is 5.82 Å². The number of nitrogens with zero attached hydrogens (tertiary/aromatic N) is 1. The van der Waals surface area contributed by atoms with Gasteiger partial charge in [-0.15, -0.1) is 0 Å². The molecular formula is C18H25FN2O. The molecule has 1 aromatic carbocycles. The Hall–Kier alpha value is -1.42. The van der Waals surface area contributed by atoms with Crippen molar-refractivity contribution in [3.05, 3.63) is 35.6 Å². The Balaban J connectivity index is 1.55. The van der Waals surface area contributed by atoms with Crippen molar-refractivity contribution in [3.63, 3.8) is 0 Å². The molecule has 2 aliphatic rings. The number of hydrogen-bond acceptors (Lipinski definition) is 2. The van der Waals surface area contributed by atoms with Crippen LogP contribution in [0.15, 0.2) is 24.3 Å². The fourth-order valence-electron chi connectivity index (χ4n) is 3.39. The van der Waals surface area contributed by atoms with Crippen molar-refractivity contribution in [1.82, 2.24) is 10.2 Å². The van der Waals surface area contributed by atoms with E-state index < -0.39 is 0 Å². The summed E-state index contributed by atoms with van der Waals surface area (Å²) in [5.74, 6) is 0.971. The molecule has 3 rings (SSSR count). The number of carbonyl (C=O) groups excluding carboxylic acids is 1. The predicted octanol–water partition coefficient (Wildman–Crippen LogP) is 2.95. The maximum absolute atomic E-state index is 13.7. The van der Waals surface area contributed by atoms with E-state index in [0.29, 0.717) is 35.9 Å². The van der Waals surface area contributed by atoms with Gasteiger partial charge in [-0.3, -0.25) is 4.79 Å². The van der Waals surface area contributed by atoms with E-state index in [9.17, 15) is 9.18 Å². The first-order valence-electron chi connectivity index (χ1n) is 8.44. The van der Waals surface area contributed by atoms with Gasteiger partial charge in [0.15, 0.2) is 0 Å². The Morgan fingerprint density at radius 3 is 2.77 bits per heavy atom. The lowest BCUT2D eigenvalue weighted by Gasteiger charge is -2.39. The van der Waals surface area contributed by atoms with E-state index in [2.05, 4.69) is 12.2 Å². The van der Waals surface area contributed by atoms with Crippen molar-refractivity contribution in [1.29, 1.82) is 0 Å². The van der Waals surface area contributed by atoms with E-state index in [1.165, 1.54) is 6.07 Å². The molecule has 1 aromatic rings. The van der Waals surface area contributed by atoms with Crippen molar-refractivity contribution >= 4 is 5.91 Å². The molecule has 1 N–H and O–H groups in total. The highest BCUT2D eigenvalue weighted by Gasteiger charge is 2.37. The van der Waals surface area contributed by atoms with Gasteiger partial charge in [0.05, 0.1) is 0 Å². The summed E-state index contributed by atoms with van der Waals surface area (Å²) in [6, 6.07) is 7.29. The highest BCUT2D eigenvalue weighted by atomic mass is 19.1. The molecule has 1 heterocycles. The van der Waals surface area contributed by atoms with Crippen molar-refractivity contribution in [3.8, 4) is 0 Å². The number of hydrogen-bond donors (Lipinski definition) is 1. The molecule has 2 fully saturated rings. The lowest BCUT2D eigenvalue weighted by atomic mass is 9.89. The van der Waals surface area contributed by atoms with Gasteiger partial charge >= 0.3 is 0 Å². The third kappa shape index (κ3) is 3.49. The van der Waals surface area contributed by atoms with Gasteiger partial charge < -0.3 is 10.2 Å². The van der Waals surface area contributed by atoms with E-state index in [1.54, 1.807) is 6.07 Å². The molecular weight excluding hydrogens is 279 g/mol. The second-order valence-corrected chi connectivity index (χ2v) is 6.59. The SMILES string of the molecule is CC[C@@H]1CN(C(=O)C2CC2)CC[C@@H]1NCc1ccccc1F.